The number of carbonyl (C=O) groups excluding carboxylic acids is 1. The van der Waals surface area contributed by atoms with Gasteiger partial charge in [-0.25, -0.2) is 10.6 Å². The highest BCUT2D eigenvalue weighted by atomic mass is 32.1. The van der Waals surface area contributed by atoms with Gasteiger partial charge in [-0.3, -0.25) is 5.01 Å². The van der Waals surface area contributed by atoms with Crippen LogP contribution in [0.4, 0.5) is 0 Å². The fourth-order valence-corrected chi connectivity index (χ4v) is 3.45. The lowest BCUT2D eigenvalue weighted by molar-refractivity contribution is -0.139. The maximum absolute atomic E-state index is 12.6. The predicted molar refractivity (Wildman–Crippen MR) is 118 cm³/mol. The summed E-state index contributed by atoms with van der Waals surface area (Å²) in [4.78, 5) is 12.6. The fraction of sp³-hybridized carbons (Fsp3) is 0.273. The van der Waals surface area contributed by atoms with E-state index in [2.05, 4.69) is 5.32 Å². The van der Waals surface area contributed by atoms with Crippen molar-refractivity contribution in [3.05, 3.63) is 70.9 Å². The zero-order valence-corrected chi connectivity index (χ0v) is 18.0. The summed E-state index contributed by atoms with van der Waals surface area (Å²) >= 11 is 5.32. The highest BCUT2D eigenvalue weighted by Crippen LogP contribution is 2.36. The number of nitrogens with zero attached hydrogens (tertiary/aromatic N) is 1. The molecule has 0 aromatic heterocycles. The fourth-order valence-electron chi connectivity index (χ4n) is 3.20. The number of rotatable bonds is 7. The van der Waals surface area contributed by atoms with Crippen LogP contribution in [0.1, 0.15) is 31.0 Å². The van der Waals surface area contributed by atoms with Gasteiger partial charge in [-0.15, -0.1) is 0 Å². The molecule has 0 bridgehead atoms. The Morgan fingerprint density at radius 1 is 1.20 bits per heavy atom. The second-order valence-electron chi connectivity index (χ2n) is 6.66. The molecule has 0 aliphatic carbocycles. The van der Waals surface area contributed by atoms with Gasteiger partial charge in [-0.1, -0.05) is 36.4 Å². The summed E-state index contributed by atoms with van der Waals surface area (Å²) in [6.07, 6.45) is 0. The van der Waals surface area contributed by atoms with Crippen LogP contribution in [-0.2, 0) is 16.1 Å². The SMILES string of the molecule is CCOC(=O)C1=C(C)N(N)C(=S)N[C@H]1c1ccc(OCc2ccccc2)c(OC)c1. The third-order valence-electron chi connectivity index (χ3n) is 4.78. The molecule has 0 unspecified atom stereocenters. The van der Waals surface area contributed by atoms with Gasteiger partial charge in [0.05, 0.1) is 25.3 Å². The Bertz CT molecular complexity index is 962. The molecule has 3 N–H and O–H groups in total. The van der Waals surface area contributed by atoms with Crippen LogP contribution in [0.25, 0.3) is 0 Å². The molecule has 1 atom stereocenters. The molecule has 0 saturated carbocycles. The van der Waals surface area contributed by atoms with E-state index in [1.165, 1.54) is 5.01 Å². The van der Waals surface area contributed by atoms with Crippen LogP contribution >= 0.6 is 12.2 Å². The molecule has 0 fully saturated rings. The van der Waals surface area contributed by atoms with Crippen molar-refractivity contribution in [1.82, 2.24) is 10.3 Å². The molecule has 1 aliphatic rings. The first-order valence-corrected chi connectivity index (χ1v) is 9.95. The molecular formula is C22H25N3O4S. The summed E-state index contributed by atoms with van der Waals surface area (Å²) in [5, 5.41) is 4.69. The molecule has 7 nitrogen and oxygen atoms in total. The third kappa shape index (κ3) is 4.55. The number of allylic oxidation sites excluding steroid dienone is 1. The third-order valence-corrected chi connectivity index (χ3v) is 5.09. The highest BCUT2D eigenvalue weighted by molar-refractivity contribution is 7.80. The predicted octanol–water partition coefficient (Wildman–Crippen LogP) is 3.22. The van der Waals surface area contributed by atoms with Gasteiger partial charge in [0, 0.05) is 5.70 Å². The Kier molecular flexibility index (Phi) is 6.91. The quantitative estimate of drug-likeness (QED) is 0.396. The number of hydrogen-bond donors (Lipinski definition) is 2. The lowest BCUT2D eigenvalue weighted by Crippen LogP contribution is -2.50. The topological polar surface area (TPSA) is 86.1 Å². The number of esters is 1. The summed E-state index contributed by atoms with van der Waals surface area (Å²) < 4.78 is 16.7. The van der Waals surface area contributed by atoms with Gasteiger partial charge < -0.3 is 19.5 Å². The summed E-state index contributed by atoms with van der Waals surface area (Å²) in [6.45, 7) is 4.16. The molecule has 8 heteroatoms. The van der Waals surface area contributed by atoms with Crippen LogP contribution in [0.5, 0.6) is 11.5 Å². The second-order valence-corrected chi connectivity index (χ2v) is 7.04. The number of thiocarbonyl (C=S) groups is 1. The van der Waals surface area contributed by atoms with E-state index in [4.69, 9.17) is 32.3 Å². The largest absolute Gasteiger partial charge is 0.493 e. The minimum atomic E-state index is -0.520. The molecule has 0 saturated heterocycles. The molecule has 0 radical (unpaired) electrons. The van der Waals surface area contributed by atoms with E-state index in [0.717, 1.165) is 11.1 Å². The standard InChI is InChI=1S/C22H25N3O4S/c1-4-28-21(26)19-14(2)25(23)22(30)24-20(19)16-10-11-17(18(12-16)27-3)29-13-15-8-6-5-7-9-15/h5-12,20H,4,13,23H2,1-3H3,(H,24,30)/t20-/m0/s1. The molecule has 1 heterocycles. The van der Waals surface area contributed by atoms with E-state index >= 15 is 0 Å². The van der Waals surface area contributed by atoms with Gasteiger partial charge in [0.2, 0.25) is 0 Å². The maximum Gasteiger partial charge on any atom is 0.338 e. The lowest BCUT2D eigenvalue weighted by atomic mass is 9.95. The number of methoxy groups -OCH3 is 1. The second kappa shape index (κ2) is 9.60. The molecule has 2 aromatic rings. The summed E-state index contributed by atoms with van der Waals surface area (Å²) in [7, 11) is 1.57. The number of hydrogen-bond acceptors (Lipinski definition) is 6. The minimum Gasteiger partial charge on any atom is -0.493 e. The Balaban J connectivity index is 1.91. The van der Waals surface area contributed by atoms with Gasteiger partial charge in [0.25, 0.3) is 0 Å². The molecular weight excluding hydrogens is 402 g/mol. The molecule has 30 heavy (non-hydrogen) atoms. The van der Waals surface area contributed by atoms with Crippen molar-refractivity contribution < 1.29 is 19.0 Å². The van der Waals surface area contributed by atoms with Crippen molar-refractivity contribution in [3.63, 3.8) is 0 Å². The normalized spacial score (nSPS) is 16.2. The van der Waals surface area contributed by atoms with E-state index in [1.54, 1.807) is 21.0 Å². The van der Waals surface area contributed by atoms with Gasteiger partial charge >= 0.3 is 5.97 Å². The van der Waals surface area contributed by atoms with E-state index in [1.807, 2.05) is 48.5 Å². The monoisotopic (exact) mass is 427 g/mol. The zero-order chi connectivity index (χ0) is 21.7. The van der Waals surface area contributed by atoms with Crippen LogP contribution in [0.2, 0.25) is 0 Å². The van der Waals surface area contributed by atoms with E-state index < -0.39 is 12.0 Å². The maximum atomic E-state index is 12.6. The number of carbonyl (C=O) groups is 1. The van der Waals surface area contributed by atoms with Crippen LogP contribution in [0.15, 0.2) is 59.8 Å². The van der Waals surface area contributed by atoms with Gasteiger partial charge in [0.15, 0.2) is 16.6 Å². The number of nitrogens with two attached hydrogens (primary N) is 1. The summed E-state index contributed by atoms with van der Waals surface area (Å²) in [5.74, 6) is 6.68. The first kappa shape index (κ1) is 21.6. The van der Waals surface area contributed by atoms with Crippen molar-refractivity contribution in [2.75, 3.05) is 13.7 Å². The first-order chi connectivity index (χ1) is 14.5. The lowest BCUT2D eigenvalue weighted by Gasteiger charge is -2.34. The minimum absolute atomic E-state index is 0.257. The average molecular weight is 428 g/mol. The van der Waals surface area contributed by atoms with Crippen molar-refractivity contribution in [3.8, 4) is 11.5 Å². The zero-order valence-electron chi connectivity index (χ0n) is 17.2. The molecule has 1 aliphatic heterocycles. The van der Waals surface area contributed by atoms with Crippen molar-refractivity contribution in [2.24, 2.45) is 5.84 Å². The van der Waals surface area contributed by atoms with Crippen LogP contribution in [0, 0.1) is 0 Å². The molecule has 158 valence electrons. The van der Waals surface area contributed by atoms with Crippen LogP contribution in [-0.4, -0.2) is 29.8 Å². The Morgan fingerprint density at radius 2 is 1.93 bits per heavy atom. The van der Waals surface area contributed by atoms with Gasteiger partial charge in [-0.2, -0.15) is 0 Å². The molecule has 0 amide bonds. The van der Waals surface area contributed by atoms with Gasteiger partial charge in [-0.05, 0) is 49.3 Å². The highest BCUT2D eigenvalue weighted by Gasteiger charge is 2.34. The number of nitrogens with one attached hydrogen (secondary N) is 1. The number of ether oxygens (including phenoxy) is 3. The first-order valence-electron chi connectivity index (χ1n) is 9.54. The Labute approximate surface area is 181 Å². The molecule has 3 rings (SSSR count). The Morgan fingerprint density at radius 3 is 2.60 bits per heavy atom. The molecule has 0 spiro atoms. The van der Waals surface area contributed by atoms with Crippen LogP contribution < -0.4 is 20.6 Å². The summed E-state index contributed by atoms with van der Waals surface area (Å²) in [6, 6.07) is 14.8. The van der Waals surface area contributed by atoms with Crippen molar-refractivity contribution in [1.29, 1.82) is 0 Å². The van der Waals surface area contributed by atoms with Crippen LogP contribution in [0.3, 0.4) is 0 Å². The average Bonchev–Trinajstić information content (AvgIpc) is 2.76. The van der Waals surface area contributed by atoms with E-state index in [9.17, 15) is 4.79 Å². The van der Waals surface area contributed by atoms with E-state index in [0.29, 0.717) is 34.5 Å². The van der Waals surface area contributed by atoms with Crippen molar-refractivity contribution >= 4 is 23.3 Å². The molecule has 2 aromatic carbocycles. The number of hydrazine groups is 1. The smallest absolute Gasteiger partial charge is 0.338 e. The Hall–Kier alpha value is -3.10. The van der Waals surface area contributed by atoms with Crippen molar-refractivity contribution in [2.45, 2.75) is 26.5 Å². The number of benzene rings is 2. The van der Waals surface area contributed by atoms with E-state index in [-0.39, 0.29) is 6.61 Å². The summed E-state index contributed by atoms with van der Waals surface area (Å²) in [5.41, 5.74) is 2.75. The van der Waals surface area contributed by atoms with Gasteiger partial charge in [0.1, 0.15) is 6.61 Å².